The number of halogens is 1. The lowest BCUT2D eigenvalue weighted by atomic mass is 10.1. The highest BCUT2D eigenvalue weighted by molar-refractivity contribution is 14.1. The summed E-state index contributed by atoms with van der Waals surface area (Å²) in [5, 5.41) is 5.48. The molecule has 0 atom stereocenters. The molecule has 0 fully saturated rings. The van der Waals surface area contributed by atoms with E-state index in [1.54, 1.807) is 60.9 Å². The van der Waals surface area contributed by atoms with Crippen LogP contribution in [-0.4, -0.2) is 31.0 Å². The van der Waals surface area contributed by atoms with Crippen LogP contribution in [0.2, 0.25) is 0 Å². The second-order valence-electron chi connectivity index (χ2n) is 6.33. The molecule has 158 valence electrons. The number of nitrogens with one attached hydrogen (secondary N) is 2. The number of anilines is 1. The Morgan fingerprint density at radius 2 is 1.74 bits per heavy atom. The van der Waals surface area contributed by atoms with Gasteiger partial charge in [-0.25, -0.2) is 0 Å². The summed E-state index contributed by atoms with van der Waals surface area (Å²) in [4.78, 5) is 29.9. The molecule has 31 heavy (non-hydrogen) atoms. The van der Waals surface area contributed by atoms with Gasteiger partial charge in [0.2, 0.25) is 0 Å². The first kappa shape index (κ1) is 22.3. The number of ether oxygens (including phenoxy) is 2. The van der Waals surface area contributed by atoms with Crippen LogP contribution >= 0.6 is 22.6 Å². The van der Waals surface area contributed by atoms with Crippen molar-refractivity contribution in [2.75, 3.05) is 19.5 Å². The molecule has 3 aromatic rings. The highest BCUT2D eigenvalue weighted by Gasteiger charge is 2.17. The number of hydrogen-bond donors (Lipinski definition) is 2. The van der Waals surface area contributed by atoms with Crippen molar-refractivity contribution in [2.24, 2.45) is 0 Å². The number of pyridine rings is 1. The van der Waals surface area contributed by atoms with Gasteiger partial charge in [0.1, 0.15) is 5.70 Å². The second-order valence-corrected chi connectivity index (χ2v) is 7.57. The molecule has 8 heteroatoms. The number of benzene rings is 2. The summed E-state index contributed by atoms with van der Waals surface area (Å²) in [6, 6.07) is 15.6. The Bertz CT molecular complexity index is 1100. The lowest BCUT2D eigenvalue weighted by Crippen LogP contribution is -2.30. The lowest BCUT2D eigenvalue weighted by Gasteiger charge is -2.13. The van der Waals surface area contributed by atoms with Crippen molar-refractivity contribution in [2.45, 2.75) is 0 Å². The van der Waals surface area contributed by atoms with E-state index in [0.29, 0.717) is 28.3 Å². The summed E-state index contributed by atoms with van der Waals surface area (Å²) in [5.74, 6) is -0.00866. The van der Waals surface area contributed by atoms with Crippen molar-refractivity contribution < 1.29 is 19.1 Å². The Labute approximate surface area is 193 Å². The Morgan fingerprint density at radius 1 is 1.00 bits per heavy atom. The highest BCUT2D eigenvalue weighted by Crippen LogP contribution is 2.27. The number of carbonyl (C=O) groups excluding carboxylic acids is 2. The third-order valence-corrected chi connectivity index (χ3v) is 4.96. The zero-order valence-corrected chi connectivity index (χ0v) is 19.0. The van der Waals surface area contributed by atoms with Crippen LogP contribution in [0.15, 0.2) is 72.7 Å². The normalized spacial score (nSPS) is 10.9. The fourth-order valence-electron chi connectivity index (χ4n) is 2.69. The first-order valence-corrected chi connectivity index (χ1v) is 10.3. The number of aromatic nitrogens is 1. The number of nitrogens with zero attached hydrogens (tertiary/aromatic N) is 1. The van der Waals surface area contributed by atoms with Gasteiger partial charge in [-0.2, -0.15) is 0 Å². The quantitative estimate of drug-likeness (QED) is 0.355. The minimum Gasteiger partial charge on any atom is -0.493 e. The third kappa shape index (κ3) is 6.05. The monoisotopic (exact) mass is 529 g/mol. The molecule has 0 aliphatic heterocycles. The molecule has 0 saturated carbocycles. The van der Waals surface area contributed by atoms with E-state index in [0.717, 1.165) is 3.57 Å². The zero-order chi connectivity index (χ0) is 22.2. The van der Waals surface area contributed by atoms with Crippen LogP contribution in [0.4, 0.5) is 5.69 Å². The number of hydrogen-bond acceptors (Lipinski definition) is 5. The van der Waals surface area contributed by atoms with Gasteiger partial charge in [-0.1, -0.05) is 6.07 Å². The van der Waals surface area contributed by atoms with Gasteiger partial charge in [0.25, 0.3) is 11.8 Å². The molecule has 2 aromatic carbocycles. The van der Waals surface area contributed by atoms with Crippen LogP contribution in [0.1, 0.15) is 15.9 Å². The highest BCUT2D eigenvalue weighted by atomic mass is 127. The van der Waals surface area contributed by atoms with Crippen LogP contribution in [-0.2, 0) is 4.79 Å². The Balaban J connectivity index is 1.87. The first-order chi connectivity index (χ1) is 15.0. The average molecular weight is 529 g/mol. The first-order valence-electron chi connectivity index (χ1n) is 9.22. The van der Waals surface area contributed by atoms with Crippen LogP contribution in [0, 0.1) is 3.57 Å². The standard InChI is InChI=1S/C23H20IN3O4/c1-30-20-10-5-16(13-21(20)31-2)22(28)27-19(12-15-4-3-11-25-14-15)23(29)26-18-8-6-17(24)7-9-18/h3-14H,1-2H3,(H,26,29)(H,27,28). The van der Waals surface area contributed by atoms with Crippen molar-refractivity contribution in [1.29, 1.82) is 0 Å². The molecule has 0 radical (unpaired) electrons. The van der Waals surface area contributed by atoms with E-state index in [1.165, 1.54) is 14.2 Å². The number of methoxy groups -OCH3 is 2. The maximum Gasteiger partial charge on any atom is 0.272 e. The van der Waals surface area contributed by atoms with E-state index in [-0.39, 0.29) is 5.70 Å². The van der Waals surface area contributed by atoms with E-state index in [2.05, 4.69) is 38.2 Å². The second kappa shape index (κ2) is 10.6. The van der Waals surface area contributed by atoms with Crippen LogP contribution in [0.25, 0.3) is 6.08 Å². The fraction of sp³-hybridized carbons (Fsp3) is 0.0870. The molecule has 0 unspecified atom stereocenters. The minimum absolute atomic E-state index is 0.0753. The Kier molecular flexibility index (Phi) is 7.60. The molecule has 2 amide bonds. The maximum absolute atomic E-state index is 12.9. The molecule has 0 bridgehead atoms. The molecular formula is C23H20IN3O4. The predicted octanol–water partition coefficient (Wildman–Crippen LogP) is 4.11. The largest absolute Gasteiger partial charge is 0.493 e. The van der Waals surface area contributed by atoms with Gasteiger partial charge in [0.15, 0.2) is 11.5 Å². The van der Waals surface area contributed by atoms with Gasteiger partial charge < -0.3 is 20.1 Å². The molecule has 0 aliphatic carbocycles. The van der Waals surface area contributed by atoms with Crippen molar-refractivity contribution in [3.05, 3.63) is 87.4 Å². The Hall–Kier alpha value is -3.40. The molecule has 1 heterocycles. The average Bonchev–Trinajstić information content (AvgIpc) is 2.80. The van der Waals surface area contributed by atoms with Crippen LogP contribution in [0.5, 0.6) is 11.5 Å². The number of carbonyl (C=O) groups is 2. The fourth-order valence-corrected chi connectivity index (χ4v) is 3.05. The van der Waals surface area contributed by atoms with Gasteiger partial charge in [-0.05, 0) is 82.8 Å². The van der Waals surface area contributed by atoms with E-state index in [4.69, 9.17) is 9.47 Å². The van der Waals surface area contributed by atoms with Gasteiger partial charge in [0, 0.05) is 27.2 Å². The summed E-state index contributed by atoms with van der Waals surface area (Å²) in [5.41, 5.74) is 1.67. The lowest BCUT2D eigenvalue weighted by molar-refractivity contribution is -0.113. The van der Waals surface area contributed by atoms with Crippen LogP contribution < -0.4 is 20.1 Å². The smallest absolute Gasteiger partial charge is 0.272 e. The minimum atomic E-state index is -0.464. The zero-order valence-electron chi connectivity index (χ0n) is 16.9. The Morgan fingerprint density at radius 3 is 2.39 bits per heavy atom. The van der Waals surface area contributed by atoms with Gasteiger partial charge in [-0.15, -0.1) is 0 Å². The van der Waals surface area contributed by atoms with E-state index < -0.39 is 11.8 Å². The maximum atomic E-state index is 12.9. The number of amides is 2. The SMILES string of the molecule is COc1ccc(C(=O)NC(=Cc2cccnc2)C(=O)Nc2ccc(I)cc2)cc1OC. The van der Waals surface area contributed by atoms with Crippen molar-refractivity contribution in [1.82, 2.24) is 10.3 Å². The predicted molar refractivity (Wildman–Crippen MR) is 127 cm³/mol. The molecule has 3 rings (SSSR count). The molecule has 0 aliphatic rings. The summed E-state index contributed by atoms with van der Waals surface area (Å²) >= 11 is 2.18. The van der Waals surface area contributed by atoms with Crippen molar-refractivity contribution in [3.8, 4) is 11.5 Å². The molecule has 1 aromatic heterocycles. The molecule has 0 saturated heterocycles. The summed E-state index contributed by atoms with van der Waals surface area (Å²) in [6.45, 7) is 0. The van der Waals surface area contributed by atoms with Gasteiger partial charge >= 0.3 is 0 Å². The van der Waals surface area contributed by atoms with Crippen LogP contribution in [0.3, 0.4) is 0 Å². The van der Waals surface area contributed by atoms with E-state index >= 15 is 0 Å². The number of rotatable bonds is 7. The van der Waals surface area contributed by atoms with Gasteiger partial charge in [-0.3, -0.25) is 14.6 Å². The van der Waals surface area contributed by atoms with Gasteiger partial charge in [0.05, 0.1) is 14.2 Å². The molecule has 7 nitrogen and oxygen atoms in total. The summed E-state index contributed by atoms with van der Waals surface area (Å²) < 4.78 is 11.5. The third-order valence-electron chi connectivity index (χ3n) is 4.24. The molecule has 2 N–H and O–H groups in total. The van der Waals surface area contributed by atoms with E-state index in [9.17, 15) is 9.59 Å². The van der Waals surface area contributed by atoms with Crippen molar-refractivity contribution in [3.63, 3.8) is 0 Å². The summed E-state index contributed by atoms with van der Waals surface area (Å²) in [6.07, 6.45) is 4.79. The van der Waals surface area contributed by atoms with E-state index in [1.807, 2.05) is 12.1 Å². The summed E-state index contributed by atoms with van der Waals surface area (Å²) in [7, 11) is 3.00. The molecule has 0 spiro atoms. The topological polar surface area (TPSA) is 89.5 Å². The van der Waals surface area contributed by atoms with Crippen molar-refractivity contribution >= 4 is 46.2 Å². The molecular weight excluding hydrogens is 509 g/mol.